The van der Waals surface area contributed by atoms with Crippen molar-refractivity contribution in [3.8, 4) is 0 Å². The van der Waals surface area contributed by atoms with Crippen LogP contribution >= 0.6 is 0 Å². The second-order valence-corrected chi connectivity index (χ2v) is 10.6. The number of allylic oxidation sites excluding steroid dienone is 1. The highest BCUT2D eigenvalue weighted by atomic mass is 16.6. The molecule has 4 rings (SSSR count). The zero-order valence-corrected chi connectivity index (χ0v) is 21.6. The van der Waals surface area contributed by atoms with Crippen LogP contribution in [0, 0.1) is 16.7 Å². The molecule has 0 spiro atoms. The van der Waals surface area contributed by atoms with E-state index in [-0.39, 0.29) is 29.8 Å². The van der Waals surface area contributed by atoms with E-state index in [0.29, 0.717) is 37.1 Å². The maximum Gasteiger partial charge on any atom is 0.340 e. The first-order valence-corrected chi connectivity index (χ1v) is 12.4. The van der Waals surface area contributed by atoms with E-state index in [1.807, 2.05) is 13.8 Å². The third-order valence-corrected chi connectivity index (χ3v) is 8.65. The third kappa shape index (κ3) is 3.69. The van der Waals surface area contributed by atoms with Gasteiger partial charge in [0.1, 0.15) is 6.10 Å². The second-order valence-electron chi connectivity index (χ2n) is 10.6. The molecule has 8 nitrogen and oxygen atoms in total. The summed E-state index contributed by atoms with van der Waals surface area (Å²) in [4.78, 5) is 28.9. The molecule has 2 N–H and O–H groups in total. The molecule has 1 heterocycles. The number of cyclic esters (lactones) is 1. The molecular weight excluding hydrogens is 462 g/mol. The molecule has 0 aromatic carbocycles. The number of Topliss-reactive ketones (excluding diaryl/α,β-unsaturated/α-hetero) is 1. The lowest BCUT2D eigenvalue weighted by Gasteiger charge is -2.53. The third-order valence-electron chi connectivity index (χ3n) is 8.65. The van der Waals surface area contributed by atoms with E-state index >= 15 is 0 Å². The molecule has 4 aliphatic rings. The van der Waals surface area contributed by atoms with Gasteiger partial charge in [0.2, 0.25) is 5.78 Å². The van der Waals surface area contributed by atoms with Gasteiger partial charge in [-0.2, -0.15) is 0 Å². The van der Waals surface area contributed by atoms with Crippen LogP contribution in [-0.4, -0.2) is 79.1 Å². The van der Waals surface area contributed by atoms with Gasteiger partial charge in [0, 0.05) is 50.1 Å². The number of carbonyl (C=O) groups excluding carboxylic acids is 2. The van der Waals surface area contributed by atoms with E-state index in [2.05, 4.69) is 13.2 Å². The van der Waals surface area contributed by atoms with Crippen LogP contribution in [0.15, 0.2) is 59.6 Å². The van der Waals surface area contributed by atoms with Crippen LogP contribution in [-0.2, 0) is 23.8 Å². The molecule has 8 heteroatoms. The number of aliphatic hydroxyl groups excluding tert-OH is 2. The molecule has 0 aromatic rings. The van der Waals surface area contributed by atoms with Crippen LogP contribution in [0.1, 0.15) is 33.1 Å². The fraction of sp³-hybridized carbons (Fsp3) is 0.571. The predicted molar refractivity (Wildman–Crippen MR) is 134 cm³/mol. The van der Waals surface area contributed by atoms with E-state index in [9.17, 15) is 19.8 Å². The Morgan fingerprint density at radius 3 is 2.42 bits per heavy atom. The van der Waals surface area contributed by atoms with Gasteiger partial charge in [-0.05, 0) is 37.7 Å². The van der Waals surface area contributed by atoms with Crippen molar-refractivity contribution in [1.29, 1.82) is 0 Å². The van der Waals surface area contributed by atoms with Gasteiger partial charge in [-0.3, -0.25) is 4.79 Å². The molecule has 1 saturated carbocycles. The number of carbonyl (C=O) groups is 2. The van der Waals surface area contributed by atoms with Gasteiger partial charge in [0.25, 0.3) is 0 Å². The SMILES string of the molecule is C=CCN(C=C1C(=O)OC(COC)C2(C)C1=C(O)C(=O)C1=C2C(O)CC2(C)C(OC)CCC12)CC=C. The molecule has 6 atom stereocenters. The maximum absolute atomic E-state index is 13.9. The Morgan fingerprint density at radius 2 is 1.83 bits per heavy atom. The van der Waals surface area contributed by atoms with E-state index in [1.54, 1.807) is 30.4 Å². The fourth-order valence-corrected chi connectivity index (χ4v) is 7.07. The van der Waals surface area contributed by atoms with Crippen LogP contribution in [0.3, 0.4) is 0 Å². The molecule has 1 aliphatic heterocycles. The van der Waals surface area contributed by atoms with Gasteiger partial charge >= 0.3 is 5.97 Å². The Kier molecular flexibility index (Phi) is 7.07. The summed E-state index contributed by atoms with van der Waals surface area (Å²) in [6, 6.07) is 0. The molecule has 0 radical (unpaired) electrons. The van der Waals surface area contributed by atoms with Gasteiger partial charge in [-0.15, -0.1) is 13.2 Å². The Balaban J connectivity index is 1.96. The summed E-state index contributed by atoms with van der Waals surface area (Å²) in [5, 5.41) is 23.1. The first-order chi connectivity index (χ1) is 17.1. The van der Waals surface area contributed by atoms with Gasteiger partial charge in [-0.1, -0.05) is 19.1 Å². The summed E-state index contributed by atoms with van der Waals surface area (Å²) in [5.41, 5.74) is -0.434. The van der Waals surface area contributed by atoms with Crippen molar-refractivity contribution in [2.24, 2.45) is 16.7 Å². The first kappa shape index (κ1) is 26.4. The molecule has 3 aliphatic carbocycles. The molecule has 6 unspecified atom stereocenters. The predicted octanol–water partition coefficient (Wildman–Crippen LogP) is 3.01. The van der Waals surface area contributed by atoms with Gasteiger partial charge in [0.05, 0.1) is 29.8 Å². The minimum Gasteiger partial charge on any atom is -0.504 e. The summed E-state index contributed by atoms with van der Waals surface area (Å²) in [7, 11) is 3.15. The molecule has 0 bridgehead atoms. The summed E-state index contributed by atoms with van der Waals surface area (Å²) in [5.74, 6) is -1.88. The topological polar surface area (TPSA) is 106 Å². The number of esters is 1. The largest absolute Gasteiger partial charge is 0.504 e. The minimum absolute atomic E-state index is 0.0374. The van der Waals surface area contributed by atoms with E-state index < -0.39 is 40.5 Å². The van der Waals surface area contributed by atoms with E-state index in [0.717, 1.165) is 6.42 Å². The minimum atomic E-state index is -1.16. The normalized spacial score (nSPS) is 36.9. The highest BCUT2D eigenvalue weighted by molar-refractivity contribution is 6.13. The molecule has 196 valence electrons. The highest BCUT2D eigenvalue weighted by Crippen LogP contribution is 2.63. The fourth-order valence-electron chi connectivity index (χ4n) is 7.07. The van der Waals surface area contributed by atoms with Crippen LogP contribution in [0.2, 0.25) is 0 Å². The van der Waals surface area contributed by atoms with Crippen molar-refractivity contribution in [2.45, 2.75) is 51.4 Å². The van der Waals surface area contributed by atoms with Crippen LogP contribution in [0.4, 0.5) is 0 Å². The molecular formula is C28H37NO7. The van der Waals surface area contributed by atoms with E-state index in [1.165, 1.54) is 7.11 Å². The Morgan fingerprint density at radius 1 is 1.17 bits per heavy atom. The smallest absolute Gasteiger partial charge is 0.340 e. The Labute approximate surface area is 212 Å². The number of rotatable bonds is 8. The van der Waals surface area contributed by atoms with Crippen molar-refractivity contribution in [1.82, 2.24) is 4.90 Å². The summed E-state index contributed by atoms with van der Waals surface area (Å²) in [6.45, 7) is 12.3. The van der Waals surface area contributed by atoms with Gasteiger partial charge < -0.3 is 29.3 Å². The number of fused-ring (bicyclic) bond motifs is 4. The Hall–Kier alpha value is -2.68. The van der Waals surface area contributed by atoms with Crippen molar-refractivity contribution >= 4 is 11.8 Å². The highest BCUT2D eigenvalue weighted by Gasteiger charge is 2.63. The van der Waals surface area contributed by atoms with E-state index in [4.69, 9.17) is 14.2 Å². The number of ether oxygens (including phenoxy) is 3. The zero-order valence-electron chi connectivity index (χ0n) is 21.6. The molecule has 36 heavy (non-hydrogen) atoms. The quantitative estimate of drug-likeness (QED) is 0.298. The molecule has 2 fully saturated rings. The van der Waals surface area contributed by atoms with Crippen LogP contribution < -0.4 is 0 Å². The lowest BCUT2D eigenvalue weighted by Crippen LogP contribution is -2.56. The number of methoxy groups -OCH3 is 2. The van der Waals surface area contributed by atoms with Crippen LogP contribution in [0.25, 0.3) is 0 Å². The lowest BCUT2D eigenvalue weighted by molar-refractivity contribution is -0.157. The number of hydrogen-bond acceptors (Lipinski definition) is 8. The van der Waals surface area contributed by atoms with Crippen molar-refractivity contribution in [3.63, 3.8) is 0 Å². The standard InChI is InChI=1S/C28H37NO7/c1-7-11-29(12-8-2)14-16-22-25(32)24(31)21-17-9-10-19(35-6)27(17,3)13-18(30)23(21)28(22,4)20(15-34-5)36-26(16)33/h7-8,14,17-20,30,32H,1-2,9-13,15H2,3-6H3. The van der Waals surface area contributed by atoms with Gasteiger partial charge in [0.15, 0.2) is 5.76 Å². The molecule has 0 aromatic heterocycles. The van der Waals surface area contributed by atoms with Gasteiger partial charge in [-0.25, -0.2) is 4.79 Å². The number of aliphatic hydroxyl groups is 2. The van der Waals surface area contributed by atoms with Crippen molar-refractivity contribution in [2.75, 3.05) is 33.9 Å². The zero-order chi connectivity index (χ0) is 26.4. The lowest BCUT2D eigenvalue weighted by atomic mass is 9.53. The second kappa shape index (κ2) is 9.65. The summed E-state index contributed by atoms with van der Waals surface area (Å²) in [6.07, 6.45) is 4.86. The molecule has 0 amide bonds. The maximum atomic E-state index is 13.9. The summed E-state index contributed by atoms with van der Waals surface area (Å²) < 4.78 is 17.0. The average Bonchev–Trinajstić information content (AvgIpc) is 3.15. The first-order valence-electron chi connectivity index (χ1n) is 12.4. The van der Waals surface area contributed by atoms with Crippen LogP contribution in [0.5, 0.6) is 0 Å². The number of ketones is 1. The average molecular weight is 500 g/mol. The molecule has 1 saturated heterocycles. The monoisotopic (exact) mass is 499 g/mol. The van der Waals surface area contributed by atoms with Crippen molar-refractivity contribution < 1.29 is 34.0 Å². The van der Waals surface area contributed by atoms with Crippen molar-refractivity contribution in [3.05, 3.63) is 59.6 Å². The number of nitrogens with zero attached hydrogens (tertiary/aromatic N) is 1. The Bertz CT molecular complexity index is 1060. The summed E-state index contributed by atoms with van der Waals surface area (Å²) >= 11 is 0. The number of hydrogen-bond donors (Lipinski definition) is 2.